The predicted octanol–water partition coefficient (Wildman–Crippen LogP) is 3.31. The number of carboxylic acids is 5. The first kappa shape index (κ1) is 36.5. The molecule has 2 aromatic heterocycles. The first-order valence-corrected chi connectivity index (χ1v) is 16.6. The molecule has 1 unspecified atom stereocenters. The highest BCUT2D eigenvalue weighted by atomic mass is 16.4. The van der Waals surface area contributed by atoms with Crippen LogP contribution in [-0.2, 0) is 43.2 Å². The first-order chi connectivity index (χ1) is 24.1. The van der Waals surface area contributed by atoms with E-state index in [0.717, 1.165) is 22.3 Å². The van der Waals surface area contributed by atoms with Gasteiger partial charge in [-0.15, -0.1) is 0 Å². The summed E-state index contributed by atoms with van der Waals surface area (Å²) in [6.45, 7) is 5.61. The zero-order chi connectivity index (χ0) is 37.1. The van der Waals surface area contributed by atoms with Crippen molar-refractivity contribution < 1.29 is 49.5 Å². The molecule has 3 aliphatic rings. The molecule has 3 aliphatic heterocycles. The molecule has 51 heavy (non-hydrogen) atoms. The zero-order valence-corrected chi connectivity index (χ0v) is 28.6. The SMILES string of the molecule is CC1=C(CCC(=O)O)C2=Cc3[nH]c(c(CCC(=O)O)c3C)C=c3[nH]c(c(CCC(=O)O)c3CC(=O)O)=CC3=NC(CC1=N2)C(C)=C3CCC(=O)O. The third-order valence-electron chi connectivity index (χ3n) is 9.69. The molecule has 0 saturated carbocycles. The second-order valence-electron chi connectivity index (χ2n) is 13.0. The Morgan fingerprint density at radius 3 is 1.84 bits per heavy atom. The van der Waals surface area contributed by atoms with E-state index in [1.807, 2.05) is 26.8 Å². The molecular weight excluding hydrogens is 660 g/mol. The van der Waals surface area contributed by atoms with Gasteiger partial charge in [0.25, 0.3) is 0 Å². The van der Waals surface area contributed by atoms with Gasteiger partial charge in [0.1, 0.15) is 0 Å². The molecule has 1 atom stereocenters. The van der Waals surface area contributed by atoms with E-state index >= 15 is 0 Å². The largest absolute Gasteiger partial charge is 0.481 e. The fraction of sp³-hybridized carbons (Fsp3) is 0.378. The minimum atomic E-state index is -1.14. The molecule has 0 amide bonds. The molecule has 5 rings (SSSR count). The number of nitrogens with one attached hydrogen (secondary N) is 2. The average Bonchev–Trinajstić information content (AvgIpc) is 3.70. The van der Waals surface area contributed by atoms with Gasteiger partial charge in [-0.05, 0) is 109 Å². The van der Waals surface area contributed by atoms with E-state index in [9.17, 15) is 49.5 Å². The van der Waals surface area contributed by atoms with Crippen molar-refractivity contribution in [1.29, 1.82) is 0 Å². The molecule has 5 heterocycles. The number of H-pyrrole nitrogens is 2. The second-order valence-corrected chi connectivity index (χ2v) is 13.0. The molecule has 0 spiro atoms. The van der Waals surface area contributed by atoms with Gasteiger partial charge in [0.05, 0.1) is 23.9 Å². The van der Waals surface area contributed by atoms with Gasteiger partial charge < -0.3 is 35.5 Å². The minimum Gasteiger partial charge on any atom is -0.481 e. The zero-order valence-electron chi connectivity index (χ0n) is 28.6. The molecule has 2 aromatic rings. The Morgan fingerprint density at radius 2 is 1.24 bits per heavy atom. The smallest absolute Gasteiger partial charge is 0.307 e. The first-order valence-electron chi connectivity index (χ1n) is 16.6. The van der Waals surface area contributed by atoms with E-state index in [2.05, 4.69) is 9.97 Å². The number of aliphatic carboxylic acids is 5. The fourth-order valence-electron chi connectivity index (χ4n) is 6.99. The summed E-state index contributed by atoms with van der Waals surface area (Å²) in [5, 5.41) is 49.0. The topological polar surface area (TPSA) is 243 Å². The van der Waals surface area contributed by atoms with Crippen LogP contribution in [0.5, 0.6) is 0 Å². The van der Waals surface area contributed by atoms with E-state index in [-0.39, 0.29) is 51.4 Å². The molecule has 14 heteroatoms. The Bertz CT molecular complexity index is 2140. The molecule has 7 N–H and O–H groups in total. The van der Waals surface area contributed by atoms with Crippen molar-refractivity contribution in [2.75, 3.05) is 0 Å². The van der Waals surface area contributed by atoms with Crippen LogP contribution in [0.3, 0.4) is 0 Å². The molecule has 0 radical (unpaired) electrons. The van der Waals surface area contributed by atoms with E-state index in [0.29, 0.717) is 67.9 Å². The lowest BCUT2D eigenvalue weighted by atomic mass is 9.93. The number of aliphatic imine (C=N–C) groups is 2. The average molecular weight is 701 g/mol. The maximum Gasteiger partial charge on any atom is 0.307 e. The highest BCUT2D eigenvalue weighted by Gasteiger charge is 2.30. The molecule has 0 aliphatic carbocycles. The van der Waals surface area contributed by atoms with Gasteiger partial charge in [0.15, 0.2) is 0 Å². The predicted molar refractivity (Wildman–Crippen MR) is 187 cm³/mol. The number of hydrogen-bond donors (Lipinski definition) is 7. The third kappa shape index (κ3) is 8.17. The van der Waals surface area contributed by atoms with Gasteiger partial charge in [-0.1, -0.05) is 0 Å². The van der Waals surface area contributed by atoms with Crippen molar-refractivity contribution in [3.05, 3.63) is 72.3 Å². The second kappa shape index (κ2) is 15.0. The normalized spacial score (nSPS) is 16.7. The Labute approximate surface area is 292 Å². The summed E-state index contributed by atoms with van der Waals surface area (Å²) >= 11 is 0. The van der Waals surface area contributed by atoms with Crippen LogP contribution in [0.2, 0.25) is 0 Å². The highest BCUT2D eigenvalue weighted by Crippen LogP contribution is 2.36. The summed E-state index contributed by atoms with van der Waals surface area (Å²) in [7, 11) is 0. The number of allylic oxidation sites excluding steroid dienone is 3. The number of aromatic nitrogens is 2. The van der Waals surface area contributed by atoms with E-state index in [1.165, 1.54) is 0 Å². The maximum atomic E-state index is 12.2. The quantitative estimate of drug-likeness (QED) is 0.152. The molecule has 0 fully saturated rings. The van der Waals surface area contributed by atoms with Crippen LogP contribution in [-0.4, -0.2) is 82.8 Å². The Hall–Kier alpha value is -5.79. The van der Waals surface area contributed by atoms with Gasteiger partial charge in [-0.2, -0.15) is 0 Å². The summed E-state index contributed by atoms with van der Waals surface area (Å²) < 4.78 is 0. The molecule has 0 saturated heterocycles. The molecule has 8 bridgehead atoms. The summed E-state index contributed by atoms with van der Waals surface area (Å²) in [5.41, 5.74) is 8.26. The van der Waals surface area contributed by atoms with E-state index in [1.54, 1.807) is 12.2 Å². The number of fused-ring (bicyclic) bond motifs is 6. The highest BCUT2D eigenvalue weighted by molar-refractivity contribution is 6.22. The van der Waals surface area contributed by atoms with Crippen LogP contribution < -0.4 is 10.7 Å². The van der Waals surface area contributed by atoms with Crippen molar-refractivity contribution in [3.63, 3.8) is 0 Å². The van der Waals surface area contributed by atoms with E-state index < -0.39 is 42.3 Å². The van der Waals surface area contributed by atoms with Gasteiger partial charge in [-0.3, -0.25) is 34.0 Å². The molecule has 14 nitrogen and oxygen atoms in total. The fourth-order valence-corrected chi connectivity index (χ4v) is 6.99. The van der Waals surface area contributed by atoms with E-state index in [4.69, 9.17) is 9.98 Å². The van der Waals surface area contributed by atoms with Gasteiger partial charge in [-0.25, -0.2) is 0 Å². The van der Waals surface area contributed by atoms with Gasteiger partial charge in [0, 0.05) is 59.9 Å². The number of carbonyl (C=O) groups is 5. The van der Waals surface area contributed by atoms with Crippen LogP contribution in [0.25, 0.3) is 18.2 Å². The maximum absolute atomic E-state index is 12.2. The number of carboxylic acid groups (broad SMARTS) is 5. The Morgan fingerprint density at radius 1 is 0.667 bits per heavy atom. The van der Waals surface area contributed by atoms with Crippen LogP contribution >= 0.6 is 0 Å². The van der Waals surface area contributed by atoms with Crippen molar-refractivity contribution in [1.82, 2.24) is 9.97 Å². The van der Waals surface area contributed by atoms with Crippen LogP contribution in [0.15, 0.2) is 38.0 Å². The standard InChI is InChI=1S/C37H40N4O10/c1-17-20(4-8-33(42)43)28-14-27-19(3)22(6-10-35(46)47)30(40-27)16-32-24(12-37(50)51)23(7-11-36(48)49)31(41-32)15-29-21(5-9-34(44)45)18(2)26(39-29)13-25(17)38-28/h14-16,26,40-41H,4-13H2,1-3H3,(H,42,43)(H,44,45)(H,46,47)(H,48,49)(H,50,51). The lowest BCUT2D eigenvalue weighted by Crippen LogP contribution is -2.16. The molecule has 268 valence electrons. The Kier molecular flexibility index (Phi) is 10.7. The lowest BCUT2D eigenvalue weighted by molar-refractivity contribution is -0.138. The molecule has 0 aromatic carbocycles. The minimum absolute atomic E-state index is 0.00483. The number of hydrogen-bond acceptors (Lipinski definition) is 7. The third-order valence-corrected chi connectivity index (χ3v) is 9.69. The van der Waals surface area contributed by atoms with Crippen molar-refractivity contribution in [2.45, 2.75) is 91.0 Å². The summed E-state index contributed by atoms with van der Waals surface area (Å²) in [6.07, 6.45) is 4.94. The van der Waals surface area contributed by atoms with Crippen LogP contribution in [0, 0.1) is 6.92 Å². The monoisotopic (exact) mass is 700 g/mol. The van der Waals surface area contributed by atoms with Crippen molar-refractivity contribution in [2.24, 2.45) is 9.98 Å². The summed E-state index contributed by atoms with van der Waals surface area (Å²) in [6, 6.07) is -0.426. The number of rotatable bonds is 14. The van der Waals surface area contributed by atoms with Crippen molar-refractivity contribution in [3.8, 4) is 0 Å². The lowest BCUT2D eigenvalue weighted by Gasteiger charge is -2.11. The van der Waals surface area contributed by atoms with Crippen molar-refractivity contribution >= 4 is 59.5 Å². The Balaban J connectivity index is 1.85. The van der Waals surface area contributed by atoms with Gasteiger partial charge >= 0.3 is 29.8 Å². The molecular formula is C37H40N4O10. The number of aromatic amines is 2. The summed E-state index contributed by atoms with van der Waals surface area (Å²) in [5.74, 6) is -5.16. The van der Waals surface area contributed by atoms with Crippen LogP contribution in [0.4, 0.5) is 0 Å². The summed E-state index contributed by atoms with van der Waals surface area (Å²) in [4.78, 5) is 75.5. The number of nitrogens with zero attached hydrogens (tertiary/aromatic N) is 2. The van der Waals surface area contributed by atoms with Crippen LogP contribution in [0.1, 0.15) is 92.4 Å². The van der Waals surface area contributed by atoms with Gasteiger partial charge in [0.2, 0.25) is 0 Å².